The van der Waals surface area contributed by atoms with Crippen molar-refractivity contribution in [3.63, 3.8) is 0 Å². The van der Waals surface area contributed by atoms with Crippen molar-refractivity contribution in [2.24, 2.45) is 0 Å². The minimum atomic E-state index is -0.415. The van der Waals surface area contributed by atoms with Gasteiger partial charge in [0.25, 0.3) is 5.91 Å². The molecular formula is C14H23N3O2. The smallest absolute Gasteiger partial charge is 0.269 e. The summed E-state index contributed by atoms with van der Waals surface area (Å²) in [6.45, 7) is 4.67. The Labute approximate surface area is 114 Å². The first-order valence-corrected chi connectivity index (χ1v) is 7.21. The van der Waals surface area contributed by atoms with Crippen LogP contribution in [0.4, 0.5) is 0 Å². The number of carbonyl (C=O) groups is 1. The fourth-order valence-corrected chi connectivity index (χ4v) is 2.59. The van der Waals surface area contributed by atoms with E-state index in [1.165, 1.54) is 0 Å². The number of hydrogen-bond donors (Lipinski definition) is 2. The summed E-state index contributed by atoms with van der Waals surface area (Å²) in [6, 6.07) is 1.72. The van der Waals surface area contributed by atoms with Gasteiger partial charge in [0, 0.05) is 6.54 Å². The Morgan fingerprint density at radius 2 is 2.21 bits per heavy atom. The average Bonchev–Trinajstić information content (AvgIpc) is 2.84. The van der Waals surface area contributed by atoms with Gasteiger partial charge in [0.15, 0.2) is 0 Å². The summed E-state index contributed by atoms with van der Waals surface area (Å²) < 4.78 is 1.73. The predicted octanol–water partition coefficient (Wildman–Crippen LogP) is 1.50. The molecule has 1 aliphatic rings. The van der Waals surface area contributed by atoms with Crippen LogP contribution in [0.5, 0.6) is 0 Å². The number of aliphatic hydroxyl groups is 1. The number of aliphatic hydroxyl groups excluding tert-OH is 1. The van der Waals surface area contributed by atoms with Crippen molar-refractivity contribution in [3.05, 3.63) is 17.5 Å². The summed E-state index contributed by atoms with van der Waals surface area (Å²) >= 11 is 0. The lowest BCUT2D eigenvalue weighted by molar-refractivity contribution is 0.0710. The number of aryl methyl sites for hydroxylation is 2. The summed E-state index contributed by atoms with van der Waals surface area (Å²) in [5, 5.41) is 17.2. The molecule has 5 heteroatoms. The molecule has 106 valence electrons. The summed E-state index contributed by atoms with van der Waals surface area (Å²) in [5.41, 5.74) is 1.52. The summed E-state index contributed by atoms with van der Waals surface area (Å²) in [6.07, 6.45) is 4.14. The summed E-state index contributed by atoms with van der Waals surface area (Å²) in [7, 11) is 0. The third kappa shape index (κ3) is 3.15. The molecule has 5 nitrogen and oxygen atoms in total. The topological polar surface area (TPSA) is 67.2 Å². The largest absolute Gasteiger partial charge is 0.391 e. The second-order valence-electron chi connectivity index (χ2n) is 5.12. The highest BCUT2D eigenvalue weighted by atomic mass is 16.3. The lowest BCUT2D eigenvalue weighted by Gasteiger charge is -2.28. The van der Waals surface area contributed by atoms with Gasteiger partial charge in [-0.2, -0.15) is 5.10 Å². The zero-order valence-electron chi connectivity index (χ0n) is 11.7. The van der Waals surface area contributed by atoms with E-state index in [-0.39, 0.29) is 11.9 Å². The van der Waals surface area contributed by atoms with Gasteiger partial charge in [-0.25, -0.2) is 0 Å². The van der Waals surface area contributed by atoms with Crippen molar-refractivity contribution >= 4 is 5.91 Å². The second-order valence-corrected chi connectivity index (χ2v) is 5.12. The van der Waals surface area contributed by atoms with Crippen LogP contribution >= 0.6 is 0 Å². The molecule has 0 aliphatic heterocycles. The van der Waals surface area contributed by atoms with E-state index in [0.717, 1.165) is 37.8 Å². The summed E-state index contributed by atoms with van der Waals surface area (Å²) in [4.78, 5) is 12.3. The quantitative estimate of drug-likeness (QED) is 0.867. The Kier molecular flexibility index (Phi) is 4.58. The molecule has 0 radical (unpaired) electrons. The van der Waals surface area contributed by atoms with Crippen LogP contribution in [0.3, 0.4) is 0 Å². The van der Waals surface area contributed by atoms with Crippen LogP contribution in [-0.2, 0) is 13.0 Å². The Balaban J connectivity index is 2.08. The highest BCUT2D eigenvalue weighted by Gasteiger charge is 2.26. The van der Waals surface area contributed by atoms with E-state index in [9.17, 15) is 9.90 Å². The van der Waals surface area contributed by atoms with Crippen molar-refractivity contribution in [2.45, 2.75) is 64.6 Å². The fourth-order valence-electron chi connectivity index (χ4n) is 2.59. The van der Waals surface area contributed by atoms with Gasteiger partial charge in [-0.3, -0.25) is 9.48 Å². The second kappa shape index (κ2) is 6.19. The number of amides is 1. The van der Waals surface area contributed by atoms with Crippen LogP contribution in [0.25, 0.3) is 0 Å². The fraction of sp³-hybridized carbons (Fsp3) is 0.714. The predicted molar refractivity (Wildman–Crippen MR) is 73.0 cm³/mol. The molecule has 1 fully saturated rings. The standard InChI is InChI=1S/C14H23N3O2/c1-3-10-9-12(17(4-2)16-10)14(19)15-11-7-5-6-8-13(11)18/h9,11,13,18H,3-8H2,1-2H3,(H,15,19)/t11-,13-/m1/s1. The van der Waals surface area contributed by atoms with E-state index in [4.69, 9.17) is 0 Å². The van der Waals surface area contributed by atoms with Gasteiger partial charge < -0.3 is 10.4 Å². The molecule has 2 atom stereocenters. The van der Waals surface area contributed by atoms with Crippen LogP contribution in [-0.4, -0.2) is 32.9 Å². The average molecular weight is 265 g/mol. The molecule has 0 aromatic carbocycles. The van der Waals surface area contributed by atoms with E-state index >= 15 is 0 Å². The highest BCUT2D eigenvalue weighted by Crippen LogP contribution is 2.19. The van der Waals surface area contributed by atoms with Crippen LogP contribution in [0.15, 0.2) is 6.07 Å². The normalized spacial score (nSPS) is 23.3. The van der Waals surface area contributed by atoms with Crippen molar-refractivity contribution in [3.8, 4) is 0 Å². The third-order valence-corrected chi connectivity index (χ3v) is 3.77. The number of nitrogens with zero attached hydrogens (tertiary/aromatic N) is 2. The SMILES string of the molecule is CCc1cc(C(=O)N[C@@H]2CCCC[C@H]2O)n(CC)n1. The van der Waals surface area contributed by atoms with Crippen molar-refractivity contribution in [1.82, 2.24) is 15.1 Å². The molecule has 0 unspecified atom stereocenters. The number of rotatable bonds is 4. The first kappa shape index (κ1) is 14.1. The Bertz CT molecular complexity index is 442. The Hall–Kier alpha value is -1.36. The maximum Gasteiger partial charge on any atom is 0.269 e. The molecule has 1 saturated carbocycles. The first-order valence-electron chi connectivity index (χ1n) is 7.21. The van der Waals surface area contributed by atoms with Gasteiger partial charge >= 0.3 is 0 Å². The molecule has 2 N–H and O–H groups in total. The zero-order chi connectivity index (χ0) is 13.8. The first-order chi connectivity index (χ1) is 9.15. The van der Waals surface area contributed by atoms with E-state index in [2.05, 4.69) is 10.4 Å². The Morgan fingerprint density at radius 1 is 1.47 bits per heavy atom. The van der Waals surface area contributed by atoms with E-state index in [0.29, 0.717) is 12.2 Å². The molecule has 1 aromatic heterocycles. The van der Waals surface area contributed by atoms with Crippen LogP contribution in [0, 0.1) is 0 Å². The number of nitrogens with one attached hydrogen (secondary N) is 1. The minimum Gasteiger partial charge on any atom is -0.391 e. The number of aromatic nitrogens is 2. The highest BCUT2D eigenvalue weighted by molar-refractivity contribution is 5.92. The molecule has 1 aliphatic carbocycles. The van der Waals surface area contributed by atoms with Gasteiger partial charge in [0.1, 0.15) is 5.69 Å². The van der Waals surface area contributed by atoms with Gasteiger partial charge in [-0.15, -0.1) is 0 Å². The molecular weight excluding hydrogens is 242 g/mol. The molecule has 0 bridgehead atoms. The van der Waals surface area contributed by atoms with Crippen molar-refractivity contribution in [1.29, 1.82) is 0 Å². The van der Waals surface area contributed by atoms with E-state index in [1.807, 2.05) is 19.9 Å². The summed E-state index contributed by atoms with van der Waals surface area (Å²) in [5.74, 6) is -0.125. The van der Waals surface area contributed by atoms with E-state index in [1.54, 1.807) is 4.68 Å². The lowest BCUT2D eigenvalue weighted by atomic mass is 9.92. The van der Waals surface area contributed by atoms with Crippen molar-refractivity contribution < 1.29 is 9.90 Å². The molecule has 1 aromatic rings. The van der Waals surface area contributed by atoms with Crippen LogP contribution in [0.2, 0.25) is 0 Å². The van der Waals surface area contributed by atoms with Crippen LogP contribution < -0.4 is 5.32 Å². The van der Waals surface area contributed by atoms with Gasteiger partial charge in [0.2, 0.25) is 0 Å². The molecule has 19 heavy (non-hydrogen) atoms. The van der Waals surface area contributed by atoms with Gasteiger partial charge in [-0.05, 0) is 32.3 Å². The molecule has 0 saturated heterocycles. The molecule has 2 rings (SSSR count). The monoisotopic (exact) mass is 265 g/mol. The Morgan fingerprint density at radius 3 is 2.84 bits per heavy atom. The third-order valence-electron chi connectivity index (χ3n) is 3.77. The molecule has 0 spiro atoms. The lowest BCUT2D eigenvalue weighted by Crippen LogP contribution is -2.45. The minimum absolute atomic E-state index is 0.119. The van der Waals surface area contributed by atoms with Crippen molar-refractivity contribution in [2.75, 3.05) is 0 Å². The van der Waals surface area contributed by atoms with Gasteiger partial charge in [0.05, 0.1) is 17.8 Å². The number of hydrogen-bond acceptors (Lipinski definition) is 3. The van der Waals surface area contributed by atoms with Gasteiger partial charge in [-0.1, -0.05) is 19.8 Å². The van der Waals surface area contributed by atoms with E-state index < -0.39 is 6.10 Å². The maximum absolute atomic E-state index is 12.3. The maximum atomic E-state index is 12.3. The molecule has 1 heterocycles. The number of carbonyl (C=O) groups excluding carboxylic acids is 1. The molecule has 1 amide bonds. The van der Waals surface area contributed by atoms with Crippen LogP contribution in [0.1, 0.15) is 55.7 Å². The zero-order valence-corrected chi connectivity index (χ0v) is 11.7.